The summed E-state index contributed by atoms with van der Waals surface area (Å²) in [6.07, 6.45) is 2.81. The number of rotatable bonds is 5. The monoisotopic (exact) mass is 286 g/mol. The third-order valence-electron chi connectivity index (χ3n) is 3.82. The van der Waals surface area contributed by atoms with Gasteiger partial charge in [-0.05, 0) is 30.4 Å². The second-order valence-electron chi connectivity index (χ2n) is 5.40. The van der Waals surface area contributed by atoms with E-state index in [1.165, 1.54) is 7.11 Å². The number of para-hydroxylation sites is 1. The van der Waals surface area contributed by atoms with E-state index in [0.717, 1.165) is 12.1 Å². The quantitative estimate of drug-likeness (QED) is 0.793. The normalized spacial score (nSPS) is 20.1. The number of methoxy groups -OCH3 is 1. The van der Waals surface area contributed by atoms with Crippen molar-refractivity contribution in [3.05, 3.63) is 42.2 Å². The third-order valence-corrected chi connectivity index (χ3v) is 3.82. The van der Waals surface area contributed by atoms with Gasteiger partial charge in [0, 0.05) is 0 Å². The van der Waals surface area contributed by atoms with Crippen molar-refractivity contribution in [2.24, 2.45) is 11.8 Å². The fourth-order valence-electron chi connectivity index (χ4n) is 2.24. The molecule has 2 atom stereocenters. The molecule has 0 bridgehead atoms. The first kappa shape index (κ1) is 13.7. The lowest BCUT2D eigenvalue weighted by Gasteiger charge is -2.03. The van der Waals surface area contributed by atoms with Crippen LogP contribution >= 0.6 is 0 Å². The molecule has 0 unspecified atom stereocenters. The van der Waals surface area contributed by atoms with Gasteiger partial charge in [-0.15, -0.1) is 0 Å². The maximum atomic E-state index is 12.1. The van der Waals surface area contributed by atoms with Crippen LogP contribution < -0.4 is 4.74 Å². The van der Waals surface area contributed by atoms with Crippen LogP contribution in [-0.2, 0) is 4.74 Å². The van der Waals surface area contributed by atoms with Crippen molar-refractivity contribution in [2.75, 3.05) is 13.7 Å². The molecule has 1 fully saturated rings. The number of esters is 1. The Balaban J connectivity index is 1.77. The highest BCUT2D eigenvalue weighted by Gasteiger charge is 2.34. The number of nitrogens with zero attached hydrogens (tertiary/aromatic N) is 2. The van der Waals surface area contributed by atoms with Crippen molar-refractivity contribution in [3.63, 3.8) is 0 Å². The molecule has 1 heterocycles. The summed E-state index contributed by atoms with van der Waals surface area (Å²) < 4.78 is 12.2. The van der Waals surface area contributed by atoms with Crippen LogP contribution in [0.4, 0.5) is 0 Å². The zero-order chi connectivity index (χ0) is 14.8. The lowest BCUT2D eigenvalue weighted by molar-refractivity contribution is 0.0470. The van der Waals surface area contributed by atoms with Crippen LogP contribution in [-0.4, -0.2) is 29.5 Å². The number of carbonyl (C=O) groups excluding carboxylic acids is 1. The highest BCUT2D eigenvalue weighted by molar-refractivity contribution is 5.90. The fraction of sp³-hybridized carbons (Fsp3) is 0.375. The molecule has 0 aliphatic heterocycles. The molecule has 0 saturated heterocycles. The van der Waals surface area contributed by atoms with Gasteiger partial charge in [-0.3, -0.25) is 0 Å². The van der Waals surface area contributed by atoms with Crippen molar-refractivity contribution in [1.82, 2.24) is 9.78 Å². The van der Waals surface area contributed by atoms with E-state index >= 15 is 0 Å². The third kappa shape index (κ3) is 2.91. The van der Waals surface area contributed by atoms with E-state index in [2.05, 4.69) is 12.0 Å². The molecule has 1 aromatic carbocycles. The fourth-order valence-corrected chi connectivity index (χ4v) is 2.24. The first-order chi connectivity index (χ1) is 10.2. The SMILES string of the molecule is COc1cn(-c2ccccc2)nc1C(=O)OC[C@H]1C[C@@H]1C. The Labute approximate surface area is 123 Å². The zero-order valence-corrected chi connectivity index (χ0v) is 12.2. The topological polar surface area (TPSA) is 53.4 Å². The highest BCUT2D eigenvalue weighted by Crippen LogP contribution is 2.37. The van der Waals surface area contributed by atoms with E-state index in [9.17, 15) is 4.79 Å². The van der Waals surface area contributed by atoms with Crippen LogP contribution in [0.2, 0.25) is 0 Å². The van der Waals surface area contributed by atoms with Gasteiger partial charge in [-0.2, -0.15) is 5.10 Å². The van der Waals surface area contributed by atoms with E-state index in [-0.39, 0.29) is 5.69 Å². The molecule has 0 spiro atoms. The standard InChI is InChI=1S/C16H18N2O3/c1-11-8-12(11)10-21-16(19)15-14(20-2)9-18(17-15)13-6-4-3-5-7-13/h3-7,9,11-12H,8,10H2,1-2H3/t11-,12+/m0/s1. The Bertz CT molecular complexity index is 636. The van der Waals surface area contributed by atoms with E-state index in [1.54, 1.807) is 10.9 Å². The molecular formula is C16H18N2O3. The summed E-state index contributed by atoms with van der Waals surface area (Å²) in [5, 5.41) is 4.29. The Hall–Kier alpha value is -2.30. The maximum Gasteiger partial charge on any atom is 0.362 e. The second-order valence-corrected chi connectivity index (χ2v) is 5.40. The summed E-state index contributed by atoms with van der Waals surface area (Å²) in [6, 6.07) is 9.57. The lowest BCUT2D eigenvalue weighted by atomic mass is 10.3. The average molecular weight is 286 g/mol. The van der Waals surface area contributed by atoms with Crippen molar-refractivity contribution in [3.8, 4) is 11.4 Å². The Morgan fingerprint density at radius 1 is 1.38 bits per heavy atom. The minimum Gasteiger partial charge on any atom is -0.493 e. The molecule has 3 rings (SSSR count). The van der Waals surface area contributed by atoms with Gasteiger partial charge in [0.25, 0.3) is 0 Å². The van der Waals surface area contributed by atoms with Crippen molar-refractivity contribution in [1.29, 1.82) is 0 Å². The predicted molar refractivity (Wildman–Crippen MR) is 77.7 cm³/mol. The maximum absolute atomic E-state index is 12.1. The molecular weight excluding hydrogens is 268 g/mol. The van der Waals surface area contributed by atoms with E-state index in [4.69, 9.17) is 9.47 Å². The Morgan fingerprint density at radius 2 is 2.10 bits per heavy atom. The first-order valence-corrected chi connectivity index (χ1v) is 7.05. The van der Waals surface area contributed by atoms with Crippen molar-refractivity contribution < 1.29 is 14.3 Å². The molecule has 0 amide bonds. The lowest BCUT2D eigenvalue weighted by Crippen LogP contribution is -2.10. The zero-order valence-electron chi connectivity index (χ0n) is 12.2. The molecule has 2 aromatic rings. The number of carbonyl (C=O) groups is 1. The van der Waals surface area contributed by atoms with E-state index in [0.29, 0.717) is 24.2 Å². The van der Waals surface area contributed by atoms with Gasteiger partial charge in [-0.1, -0.05) is 25.1 Å². The van der Waals surface area contributed by atoms with Crippen molar-refractivity contribution in [2.45, 2.75) is 13.3 Å². The van der Waals surface area contributed by atoms with Crippen molar-refractivity contribution >= 4 is 5.97 Å². The summed E-state index contributed by atoms with van der Waals surface area (Å²) in [5.41, 5.74) is 1.08. The Morgan fingerprint density at radius 3 is 2.71 bits per heavy atom. The van der Waals surface area contributed by atoms with Gasteiger partial charge < -0.3 is 9.47 Å². The molecule has 0 N–H and O–H groups in total. The van der Waals surface area contributed by atoms with E-state index in [1.807, 2.05) is 30.3 Å². The Kier molecular flexibility index (Phi) is 3.64. The van der Waals surface area contributed by atoms with Gasteiger partial charge in [-0.25, -0.2) is 9.48 Å². The second kappa shape index (κ2) is 5.60. The number of benzene rings is 1. The first-order valence-electron chi connectivity index (χ1n) is 7.05. The number of ether oxygens (including phenoxy) is 2. The van der Waals surface area contributed by atoms with Crippen LogP contribution in [0.1, 0.15) is 23.8 Å². The van der Waals surface area contributed by atoms with Gasteiger partial charge in [0.05, 0.1) is 25.6 Å². The molecule has 110 valence electrons. The molecule has 1 aliphatic rings. The van der Waals surface area contributed by atoms with Gasteiger partial charge in [0.2, 0.25) is 5.69 Å². The van der Waals surface area contributed by atoms with Crippen LogP contribution in [0.15, 0.2) is 36.5 Å². The predicted octanol–water partition coefficient (Wildman–Crippen LogP) is 2.69. The number of hydrogen-bond acceptors (Lipinski definition) is 4. The summed E-state index contributed by atoms with van der Waals surface area (Å²) >= 11 is 0. The highest BCUT2D eigenvalue weighted by atomic mass is 16.5. The van der Waals surface area contributed by atoms with Crippen LogP contribution in [0.5, 0.6) is 5.75 Å². The molecule has 5 heteroatoms. The van der Waals surface area contributed by atoms with Gasteiger partial charge in [0.1, 0.15) is 0 Å². The average Bonchev–Trinajstić information content (AvgIpc) is 3.05. The number of hydrogen-bond donors (Lipinski definition) is 0. The summed E-state index contributed by atoms with van der Waals surface area (Å²) in [6.45, 7) is 2.62. The molecule has 1 aliphatic carbocycles. The molecule has 1 aromatic heterocycles. The van der Waals surface area contributed by atoms with Gasteiger partial charge in [0.15, 0.2) is 5.75 Å². The van der Waals surface area contributed by atoms with Crippen LogP contribution in [0, 0.1) is 11.8 Å². The molecule has 1 saturated carbocycles. The minimum absolute atomic E-state index is 0.217. The molecule has 21 heavy (non-hydrogen) atoms. The largest absolute Gasteiger partial charge is 0.493 e. The molecule has 5 nitrogen and oxygen atoms in total. The number of aromatic nitrogens is 2. The summed E-state index contributed by atoms with van der Waals surface area (Å²) in [4.78, 5) is 12.1. The summed E-state index contributed by atoms with van der Waals surface area (Å²) in [5.74, 6) is 1.14. The van der Waals surface area contributed by atoms with E-state index < -0.39 is 5.97 Å². The summed E-state index contributed by atoms with van der Waals surface area (Å²) in [7, 11) is 1.52. The van der Waals surface area contributed by atoms with Crippen LogP contribution in [0.3, 0.4) is 0 Å². The van der Waals surface area contributed by atoms with Crippen LogP contribution in [0.25, 0.3) is 5.69 Å². The molecule has 0 radical (unpaired) electrons. The smallest absolute Gasteiger partial charge is 0.362 e. The van der Waals surface area contributed by atoms with Gasteiger partial charge >= 0.3 is 5.97 Å². The minimum atomic E-state index is -0.430.